The number of rotatable bonds is 8. The molecule has 1 amide bonds. The van der Waals surface area contributed by atoms with E-state index in [2.05, 4.69) is 9.97 Å². The fourth-order valence-corrected chi connectivity index (χ4v) is 2.88. The maximum absolute atomic E-state index is 12.8. The van der Waals surface area contributed by atoms with Gasteiger partial charge in [0.25, 0.3) is 5.56 Å². The lowest BCUT2D eigenvalue weighted by atomic mass is 10.2. The van der Waals surface area contributed by atoms with Crippen molar-refractivity contribution in [2.24, 2.45) is 0 Å². The summed E-state index contributed by atoms with van der Waals surface area (Å²) in [6, 6.07) is 14.5. The highest BCUT2D eigenvalue weighted by Gasteiger charge is 2.14. The van der Waals surface area contributed by atoms with Gasteiger partial charge in [-0.3, -0.25) is 9.59 Å². The number of amides is 1. The van der Waals surface area contributed by atoms with Crippen molar-refractivity contribution in [3.8, 4) is 5.75 Å². The van der Waals surface area contributed by atoms with Gasteiger partial charge < -0.3 is 19.4 Å². The molecule has 3 aromatic rings. The Kier molecular flexibility index (Phi) is 6.76. The summed E-state index contributed by atoms with van der Waals surface area (Å²) in [5.74, 6) is 0.933. The first-order valence-electron chi connectivity index (χ1n) is 9.18. The number of hydrogen-bond acceptors (Lipinski definition) is 5. The quantitative estimate of drug-likeness (QED) is 0.595. The number of para-hydroxylation sites is 1. The van der Waals surface area contributed by atoms with E-state index in [1.165, 1.54) is 6.08 Å². The van der Waals surface area contributed by atoms with Gasteiger partial charge in [0.1, 0.15) is 11.6 Å². The topological polar surface area (TPSA) is 84.5 Å². The van der Waals surface area contributed by atoms with Crippen molar-refractivity contribution in [3.63, 3.8) is 0 Å². The smallest absolute Gasteiger partial charge is 0.258 e. The molecule has 0 saturated carbocycles. The van der Waals surface area contributed by atoms with E-state index in [-0.39, 0.29) is 18.0 Å². The third kappa shape index (κ3) is 5.30. The van der Waals surface area contributed by atoms with Gasteiger partial charge in [-0.05, 0) is 35.9 Å². The van der Waals surface area contributed by atoms with Crippen LogP contribution in [0.25, 0.3) is 17.0 Å². The second-order valence-electron chi connectivity index (χ2n) is 6.39. The van der Waals surface area contributed by atoms with Crippen LogP contribution in [-0.4, -0.2) is 48.1 Å². The molecule has 0 atom stereocenters. The molecule has 0 unspecified atom stereocenters. The van der Waals surface area contributed by atoms with E-state index in [0.717, 1.165) is 5.56 Å². The first-order valence-corrected chi connectivity index (χ1v) is 9.18. The van der Waals surface area contributed by atoms with Crippen molar-refractivity contribution in [1.82, 2.24) is 14.9 Å². The number of H-pyrrole nitrogens is 1. The minimum Gasteiger partial charge on any atom is -0.497 e. The fourth-order valence-electron chi connectivity index (χ4n) is 2.88. The maximum atomic E-state index is 12.8. The van der Waals surface area contributed by atoms with Gasteiger partial charge in [0.15, 0.2) is 0 Å². The summed E-state index contributed by atoms with van der Waals surface area (Å²) < 4.78 is 10.3. The second kappa shape index (κ2) is 9.66. The predicted octanol–water partition coefficient (Wildman–Crippen LogP) is 2.62. The molecule has 1 aromatic heterocycles. The highest BCUT2D eigenvalue weighted by molar-refractivity contribution is 5.91. The van der Waals surface area contributed by atoms with E-state index in [1.807, 2.05) is 30.3 Å². The van der Waals surface area contributed by atoms with Crippen molar-refractivity contribution in [3.05, 3.63) is 76.3 Å². The molecule has 3 rings (SSSR count). The van der Waals surface area contributed by atoms with E-state index >= 15 is 0 Å². The van der Waals surface area contributed by atoms with Gasteiger partial charge in [0.05, 0.1) is 31.2 Å². The minimum absolute atomic E-state index is 0.171. The number of carbonyl (C=O) groups is 1. The van der Waals surface area contributed by atoms with Crippen molar-refractivity contribution < 1.29 is 14.3 Å². The van der Waals surface area contributed by atoms with Gasteiger partial charge >= 0.3 is 0 Å². The van der Waals surface area contributed by atoms with Crippen LogP contribution in [0.4, 0.5) is 0 Å². The molecule has 0 aliphatic rings. The third-order valence-corrected chi connectivity index (χ3v) is 4.39. The fraction of sp³-hybridized carbons (Fsp3) is 0.227. The SMILES string of the molecule is COCCN(Cc1nc2ccccc2c(=O)[nH]1)C(=O)C=Cc1cccc(OC)c1. The molecule has 1 N–H and O–H groups in total. The number of hydrogen-bond donors (Lipinski definition) is 1. The molecular formula is C22H23N3O4. The largest absolute Gasteiger partial charge is 0.497 e. The van der Waals surface area contributed by atoms with Gasteiger partial charge in [-0.15, -0.1) is 0 Å². The number of nitrogens with zero attached hydrogens (tertiary/aromatic N) is 2. The van der Waals surface area contributed by atoms with Gasteiger partial charge in [0.2, 0.25) is 5.91 Å². The molecule has 0 radical (unpaired) electrons. The Labute approximate surface area is 168 Å². The Hall–Kier alpha value is -3.45. The summed E-state index contributed by atoms with van der Waals surface area (Å²) >= 11 is 0. The molecule has 2 aromatic carbocycles. The second-order valence-corrected chi connectivity index (χ2v) is 6.39. The normalized spacial score (nSPS) is 11.1. The van der Waals surface area contributed by atoms with E-state index in [0.29, 0.717) is 35.6 Å². The highest BCUT2D eigenvalue weighted by Crippen LogP contribution is 2.14. The number of methoxy groups -OCH3 is 2. The average Bonchev–Trinajstić information content (AvgIpc) is 2.75. The van der Waals surface area contributed by atoms with Crippen molar-refractivity contribution >= 4 is 22.9 Å². The Bertz CT molecular complexity index is 1070. The lowest BCUT2D eigenvalue weighted by Crippen LogP contribution is -2.33. The third-order valence-electron chi connectivity index (χ3n) is 4.39. The Morgan fingerprint density at radius 1 is 1.17 bits per heavy atom. The number of aromatic nitrogens is 2. The van der Waals surface area contributed by atoms with E-state index in [4.69, 9.17) is 9.47 Å². The Morgan fingerprint density at radius 2 is 2.00 bits per heavy atom. The van der Waals surface area contributed by atoms with Crippen LogP contribution in [0.15, 0.2) is 59.4 Å². The molecule has 0 spiro atoms. The number of carbonyl (C=O) groups excluding carboxylic acids is 1. The predicted molar refractivity (Wildman–Crippen MR) is 112 cm³/mol. The summed E-state index contributed by atoms with van der Waals surface area (Å²) in [6.45, 7) is 0.912. The molecule has 0 saturated heterocycles. The van der Waals surface area contributed by atoms with Crippen LogP contribution in [0.3, 0.4) is 0 Å². The first-order chi connectivity index (χ1) is 14.1. The lowest BCUT2D eigenvalue weighted by molar-refractivity contribution is -0.127. The molecule has 0 bridgehead atoms. The molecule has 150 valence electrons. The van der Waals surface area contributed by atoms with Crippen molar-refractivity contribution in [2.75, 3.05) is 27.4 Å². The summed E-state index contributed by atoms with van der Waals surface area (Å²) in [5.41, 5.74) is 1.22. The zero-order valence-corrected chi connectivity index (χ0v) is 16.4. The molecule has 0 fully saturated rings. The molecule has 0 aliphatic heterocycles. The van der Waals surface area contributed by atoms with E-state index < -0.39 is 0 Å². The van der Waals surface area contributed by atoms with Crippen LogP contribution in [0, 0.1) is 0 Å². The summed E-state index contributed by atoms with van der Waals surface area (Å²) in [6.07, 6.45) is 3.21. The van der Waals surface area contributed by atoms with Gasteiger partial charge in [-0.2, -0.15) is 0 Å². The van der Waals surface area contributed by atoms with Crippen LogP contribution < -0.4 is 10.3 Å². The van der Waals surface area contributed by atoms with Crippen molar-refractivity contribution in [1.29, 1.82) is 0 Å². The van der Waals surface area contributed by atoms with Crippen LogP contribution in [-0.2, 0) is 16.1 Å². The van der Waals surface area contributed by atoms with Gasteiger partial charge in [-0.25, -0.2) is 4.98 Å². The summed E-state index contributed by atoms with van der Waals surface area (Å²) in [4.78, 5) is 33.9. The lowest BCUT2D eigenvalue weighted by Gasteiger charge is -2.20. The number of aromatic amines is 1. The van der Waals surface area contributed by atoms with Gasteiger partial charge in [-0.1, -0.05) is 24.3 Å². The molecule has 7 heteroatoms. The van der Waals surface area contributed by atoms with E-state index in [1.54, 1.807) is 43.4 Å². The molecule has 7 nitrogen and oxygen atoms in total. The summed E-state index contributed by atoms with van der Waals surface area (Å²) in [5, 5.41) is 0.518. The van der Waals surface area contributed by atoms with Crippen LogP contribution in [0.1, 0.15) is 11.4 Å². The standard InChI is InChI=1S/C22H23N3O4/c1-28-13-12-25(21(26)11-10-16-6-5-7-17(14-16)29-2)15-20-23-19-9-4-3-8-18(19)22(27)24-20/h3-11,14H,12-13,15H2,1-2H3,(H,23,24,27). The number of ether oxygens (including phenoxy) is 2. The van der Waals surface area contributed by atoms with E-state index in [9.17, 15) is 9.59 Å². The number of benzene rings is 2. The van der Waals surface area contributed by atoms with Crippen LogP contribution in [0.2, 0.25) is 0 Å². The number of fused-ring (bicyclic) bond motifs is 1. The maximum Gasteiger partial charge on any atom is 0.258 e. The van der Waals surface area contributed by atoms with Crippen molar-refractivity contribution in [2.45, 2.75) is 6.54 Å². The minimum atomic E-state index is -0.225. The zero-order valence-electron chi connectivity index (χ0n) is 16.4. The Balaban J connectivity index is 1.80. The first kappa shape index (κ1) is 20.3. The summed E-state index contributed by atoms with van der Waals surface area (Å²) in [7, 11) is 3.17. The van der Waals surface area contributed by atoms with Crippen LogP contribution >= 0.6 is 0 Å². The molecule has 29 heavy (non-hydrogen) atoms. The Morgan fingerprint density at radius 3 is 2.79 bits per heavy atom. The monoisotopic (exact) mass is 393 g/mol. The number of nitrogens with one attached hydrogen (secondary N) is 1. The van der Waals surface area contributed by atoms with Gasteiger partial charge in [0, 0.05) is 19.7 Å². The molecule has 1 heterocycles. The molecule has 0 aliphatic carbocycles. The average molecular weight is 393 g/mol. The molecular weight excluding hydrogens is 370 g/mol. The van der Waals surface area contributed by atoms with Crippen LogP contribution in [0.5, 0.6) is 5.75 Å². The highest BCUT2D eigenvalue weighted by atomic mass is 16.5. The zero-order chi connectivity index (χ0) is 20.6.